The van der Waals surface area contributed by atoms with Crippen LogP contribution < -0.4 is 10.3 Å². The SMILES string of the molecule is CCn1c(=O)c2cc(OC)ccc2n2c(C)nnc12. The summed E-state index contributed by atoms with van der Waals surface area (Å²) in [6, 6.07) is 5.44. The number of nitrogens with zero attached hydrogens (tertiary/aromatic N) is 4. The van der Waals surface area contributed by atoms with Crippen molar-refractivity contribution in [2.75, 3.05) is 7.11 Å². The molecule has 0 saturated heterocycles. The zero-order valence-corrected chi connectivity index (χ0v) is 11.0. The monoisotopic (exact) mass is 258 g/mol. The molecule has 0 bridgehead atoms. The van der Waals surface area contributed by atoms with Crippen molar-refractivity contribution in [2.24, 2.45) is 0 Å². The molecule has 6 heteroatoms. The molecule has 0 radical (unpaired) electrons. The lowest BCUT2D eigenvalue weighted by atomic mass is 10.2. The van der Waals surface area contributed by atoms with Gasteiger partial charge in [-0.3, -0.25) is 13.8 Å². The number of benzene rings is 1. The first-order chi connectivity index (χ1) is 9.17. The summed E-state index contributed by atoms with van der Waals surface area (Å²) >= 11 is 0. The third-order valence-electron chi connectivity index (χ3n) is 3.29. The number of ether oxygens (including phenoxy) is 1. The van der Waals surface area contributed by atoms with Crippen LogP contribution in [-0.2, 0) is 6.54 Å². The van der Waals surface area contributed by atoms with Crippen molar-refractivity contribution in [3.05, 3.63) is 34.4 Å². The van der Waals surface area contributed by atoms with Crippen LogP contribution in [0.3, 0.4) is 0 Å². The highest BCUT2D eigenvalue weighted by molar-refractivity contribution is 5.82. The maximum absolute atomic E-state index is 12.5. The number of rotatable bonds is 2. The molecule has 6 nitrogen and oxygen atoms in total. The van der Waals surface area contributed by atoms with Crippen molar-refractivity contribution in [1.29, 1.82) is 0 Å². The van der Waals surface area contributed by atoms with Crippen LogP contribution in [0.5, 0.6) is 5.75 Å². The molecule has 2 aromatic heterocycles. The second-order valence-corrected chi connectivity index (χ2v) is 4.32. The maximum Gasteiger partial charge on any atom is 0.262 e. The maximum atomic E-state index is 12.5. The molecule has 0 aliphatic heterocycles. The predicted octanol–water partition coefficient (Wildman–Crippen LogP) is 1.38. The van der Waals surface area contributed by atoms with Gasteiger partial charge in [-0.25, -0.2) is 0 Å². The zero-order valence-electron chi connectivity index (χ0n) is 11.0. The average molecular weight is 258 g/mol. The lowest BCUT2D eigenvalue weighted by molar-refractivity contribution is 0.415. The predicted molar refractivity (Wildman–Crippen MR) is 71.7 cm³/mol. The summed E-state index contributed by atoms with van der Waals surface area (Å²) in [6.07, 6.45) is 0. The van der Waals surface area contributed by atoms with Crippen LogP contribution in [0.25, 0.3) is 16.7 Å². The highest BCUT2D eigenvalue weighted by Gasteiger charge is 2.14. The fourth-order valence-electron chi connectivity index (χ4n) is 2.34. The Morgan fingerprint density at radius 2 is 2.11 bits per heavy atom. The summed E-state index contributed by atoms with van der Waals surface area (Å²) in [7, 11) is 1.59. The summed E-state index contributed by atoms with van der Waals surface area (Å²) in [6.45, 7) is 4.33. The van der Waals surface area contributed by atoms with Crippen LogP contribution in [0.4, 0.5) is 0 Å². The number of hydrogen-bond donors (Lipinski definition) is 0. The van der Waals surface area contributed by atoms with Gasteiger partial charge in [0.25, 0.3) is 5.56 Å². The highest BCUT2D eigenvalue weighted by atomic mass is 16.5. The fourth-order valence-corrected chi connectivity index (χ4v) is 2.34. The van der Waals surface area contributed by atoms with E-state index in [0.29, 0.717) is 23.5 Å². The van der Waals surface area contributed by atoms with Gasteiger partial charge in [-0.15, -0.1) is 10.2 Å². The molecule has 0 amide bonds. The molecule has 0 fully saturated rings. The Morgan fingerprint density at radius 3 is 2.79 bits per heavy atom. The first-order valence-corrected chi connectivity index (χ1v) is 6.09. The molecule has 19 heavy (non-hydrogen) atoms. The van der Waals surface area contributed by atoms with Crippen LogP contribution in [0.15, 0.2) is 23.0 Å². The molecule has 1 aromatic carbocycles. The Kier molecular flexibility index (Phi) is 2.51. The third-order valence-corrected chi connectivity index (χ3v) is 3.29. The molecule has 0 aliphatic carbocycles. The van der Waals surface area contributed by atoms with Crippen molar-refractivity contribution < 1.29 is 4.74 Å². The van der Waals surface area contributed by atoms with E-state index >= 15 is 0 Å². The zero-order chi connectivity index (χ0) is 13.6. The molecule has 3 rings (SSSR count). The van der Waals surface area contributed by atoms with E-state index in [4.69, 9.17) is 4.74 Å². The molecule has 3 aromatic rings. The minimum atomic E-state index is -0.0729. The van der Waals surface area contributed by atoms with Crippen LogP contribution in [-0.4, -0.2) is 26.3 Å². The topological polar surface area (TPSA) is 61.4 Å². The quantitative estimate of drug-likeness (QED) is 0.696. The second-order valence-electron chi connectivity index (χ2n) is 4.32. The van der Waals surface area contributed by atoms with E-state index in [0.717, 1.165) is 11.3 Å². The normalized spacial score (nSPS) is 11.3. The summed E-state index contributed by atoms with van der Waals surface area (Å²) in [4.78, 5) is 12.5. The molecule has 0 aliphatic rings. The first kappa shape index (κ1) is 11.7. The van der Waals surface area contributed by atoms with Gasteiger partial charge in [0.1, 0.15) is 11.6 Å². The van der Waals surface area contributed by atoms with Crippen LogP contribution in [0, 0.1) is 6.92 Å². The molecular formula is C13H14N4O2. The molecule has 2 heterocycles. The van der Waals surface area contributed by atoms with Gasteiger partial charge in [0.2, 0.25) is 5.78 Å². The third kappa shape index (κ3) is 1.53. The number of hydrogen-bond acceptors (Lipinski definition) is 4. The molecule has 0 spiro atoms. The van der Waals surface area contributed by atoms with Crippen molar-refractivity contribution >= 4 is 16.7 Å². The van der Waals surface area contributed by atoms with E-state index in [2.05, 4.69) is 10.2 Å². The molecular weight excluding hydrogens is 244 g/mol. The van der Waals surface area contributed by atoms with Gasteiger partial charge in [0, 0.05) is 6.54 Å². The molecule has 0 N–H and O–H groups in total. The Hall–Kier alpha value is -2.37. The summed E-state index contributed by atoms with van der Waals surface area (Å²) in [5.41, 5.74) is 0.726. The minimum Gasteiger partial charge on any atom is -0.497 e. The van der Waals surface area contributed by atoms with Crippen LogP contribution >= 0.6 is 0 Å². The van der Waals surface area contributed by atoms with E-state index in [1.165, 1.54) is 0 Å². The molecule has 0 saturated carbocycles. The summed E-state index contributed by atoms with van der Waals surface area (Å²) in [5, 5.41) is 8.76. The van der Waals surface area contributed by atoms with E-state index in [-0.39, 0.29) is 5.56 Å². The fraction of sp³-hybridized carbons (Fsp3) is 0.308. The van der Waals surface area contributed by atoms with Gasteiger partial charge < -0.3 is 4.74 Å². The number of aryl methyl sites for hydroxylation is 2. The van der Waals surface area contributed by atoms with Crippen molar-refractivity contribution in [2.45, 2.75) is 20.4 Å². The second kappa shape index (κ2) is 4.08. The Balaban J connectivity index is 2.60. The lowest BCUT2D eigenvalue weighted by Gasteiger charge is -2.09. The number of fused-ring (bicyclic) bond motifs is 3. The lowest BCUT2D eigenvalue weighted by Crippen LogP contribution is -2.22. The van der Waals surface area contributed by atoms with Gasteiger partial charge in [0.05, 0.1) is 18.0 Å². The standard InChI is InChI=1S/C13H14N4O2/c1-4-16-12(18)10-7-9(19-3)5-6-11(10)17-8(2)14-15-13(16)17/h5-7H,4H2,1-3H3. The first-order valence-electron chi connectivity index (χ1n) is 6.09. The minimum absolute atomic E-state index is 0.0729. The van der Waals surface area contributed by atoms with E-state index in [9.17, 15) is 4.79 Å². The van der Waals surface area contributed by atoms with Crippen molar-refractivity contribution in [1.82, 2.24) is 19.2 Å². The van der Waals surface area contributed by atoms with Gasteiger partial charge in [-0.1, -0.05) is 0 Å². The van der Waals surface area contributed by atoms with Gasteiger partial charge in [-0.05, 0) is 32.0 Å². The van der Waals surface area contributed by atoms with Crippen molar-refractivity contribution in [3.8, 4) is 5.75 Å². The summed E-state index contributed by atoms with van der Waals surface area (Å²) in [5.74, 6) is 1.99. The Labute approximate surface area is 109 Å². The van der Waals surface area contributed by atoms with E-state index in [1.54, 1.807) is 17.7 Å². The smallest absolute Gasteiger partial charge is 0.262 e. The van der Waals surface area contributed by atoms with Crippen molar-refractivity contribution in [3.63, 3.8) is 0 Å². The summed E-state index contributed by atoms with van der Waals surface area (Å²) < 4.78 is 8.69. The Morgan fingerprint density at radius 1 is 1.32 bits per heavy atom. The van der Waals surface area contributed by atoms with Crippen LogP contribution in [0.2, 0.25) is 0 Å². The van der Waals surface area contributed by atoms with Crippen LogP contribution in [0.1, 0.15) is 12.7 Å². The molecule has 0 atom stereocenters. The highest BCUT2D eigenvalue weighted by Crippen LogP contribution is 2.19. The number of methoxy groups -OCH3 is 1. The molecule has 0 unspecified atom stereocenters. The average Bonchev–Trinajstić information content (AvgIpc) is 2.81. The Bertz CT molecular complexity index is 832. The van der Waals surface area contributed by atoms with E-state index < -0.39 is 0 Å². The largest absolute Gasteiger partial charge is 0.497 e. The van der Waals surface area contributed by atoms with Gasteiger partial charge in [-0.2, -0.15) is 0 Å². The number of aromatic nitrogens is 4. The molecule has 98 valence electrons. The van der Waals surface area contributed by atoms with Gasteiger partial charge in [0.15, 0.2) is 0 Å². The van der Waals surface area contributed by atoms with Gasteiger partial charge >= 0.3 is 0 Å². The van der Waals surface area contributed by atoms with E-state index in [1.807, 2.05) is 30.4 Å².